The summed E-state index contributed by atoms with van der Waals surface area (Å²) in [6.07, 6.45) is 0.629. The van der Waals surface area contributed by atoms with Gasteiger partial charge in [0.1, 0.15) is 24.2 Å². The van der Waals surface area contributed by atoms with Gasteiger partial charge in [-0.1, -0.05) is 105 Å². The lowest BCUT2D eigenvalue weighted by atomic mass is 9.90. The molecule has 4 atom stereocenters. The first-order chi connectivity index (χ1) is 24.4. The van der Waals surface area contributed by atoms with E-state index in [0.29, 0.717) is 6.42 Å². The second-order valence-electron chi connectivity index (χ2n) is 13.2. The van der Waals surface area contributed by atoms with Crippen LogP contribution < -0.4 is 26.6 Å². The standard InChI is InChI=1S/C39H48N6O6/c1-25(2)34-38(50)41-26(3)35(47)43-31(23-27-15-8-5-9-16-27)39(51)45(4)24-32(46)40-22-14-21-30(36(48)44-34)42-37(49)33(28-17-10-6-11-18-28)29-19-12-7-13-20-29/h5-13,15-20,25-26,30-31,33-34H,14,21-24H2,1-4H3,(H,40,46)(H,41,50)(H,42,49)(H,43,47)(H,44,48)/t26-,30+,31+,34-/m1/s1. The number of rotatable bonds is 7. The van der Waals surface area contributed by atoms with E-state index in [2.05, 4.69) is 26.6 Å². The zero-order valence-electron chi connectivity index (χ0n) is 29.6. The molecular formula is C39H48N6O6. The van der Waals surface area contributed by atoms with E-state index in [-0.39, 0.29) is 31.8 Å². The molecule has 0 unspecified atom stereocenters. The molecule has 6 amide bonds. The van der Waals surface area contributed by atoms with E-state index in [9.17, 15) is 28.8 Å². The van der Waals surface area contributed by atoms with Crippen LogP contribution >= 0.6 is 0 Å². The third-order valence-corrected chi connectivity index (χ3v) is 8.81. The first-order valence-electron chi connectivity index (χ1n) is 17.3. The van der Waals surface area contributed by atoms with Crippen LogP contribution in [0.4, 0.5) is 0 Å². The fourth-order valence-corrected chi connectivity index (χ4v) is 5.96. The van der Waals surface area contributed by atoms with Gasteiger partial charge < -0.3 is 31.5 Å². The third-order valence-electron chi connectivity index (χ3n) is 8.81. The summed E-state index contributed by atoms with van der Waals surface area (Å²) in [6, 6.07) is 23.4. The van der Waals surface area contributed by atoms with Gasteiger partial charge in [0.15, 0.2) is 0 Å². The van der Waals surface area contributed by atoms with Crippen molar-refractivity contribution in [2.45, 2.75) is 70.1 Å². The van der Waals surface area contributed by atoms with Gasteiger partial charge in [0.25, 0.3) is 0 Å². The number of likely N-dealkylation sites (N-methyl/N-ethyl adjacent to an activating group) is 1. The Hall–Kier alpha value is -5.52. The highest BCUT2D eigenvalue weighted by molar-refractivity contribution is 5.97. The van der Waals surface area contributed by atoms with Gasteiger partial charge in [-0.15, -0.1) is 0 Å². The Bertz CT molecular complexity index is 1610. The summed E-state index contributed by atoms with van der Waals surface area (Å²) >= 11 is 0. The smallest absolute Gasteiger partial charge is 0.245 e. The number of amides is 6. The van der Waals surface area contributed by atoms with Crippen LogP contribution in [0.3, 0.4) is 0 Å². The molecule has 1 fully saturated rings. The predicted molar refractivity (Wildman–Crippen MR) is 193 cm³/mol. The second-order valence-corrected chi connectivity index (χ2v) is 13.2. The van der Waals surface area contributed by atoms with Gasteiger partial charge in [0, 0.05) is 20.0 Å². The molecule has 1 aliphatic rings. The minimum atomic E-state index is -1.07. The molecule has 0 saturated carbocycles. The number of benzene rings is 3. The highest BCUT2D eigenvalue weighted by atomic mass is 16.2. The Morgan fingerprint density at radius 3 is 1.92 bits per heavy atom. The molecule has 3 aromatic carbocycles. The Balaban J connectivity index is 1.59. The lowest BCUT2D eigenvalue weighted by molar-refractivity contribution is -0.139. The molecule has 12 heteroatoms. The number of nitrogens with one attached hydrogen (secondary N) is 5. The van der Waals surface area contributed by atoms with E-state index < -0.39 is 65.5 Å². The molecule has 270 valence electrons. The molecule has 12 nitrogen and oxygen atoms in total. The van der Waals surface area contributed by atoms with Crippen LogP contribution in [-0.4, -0.2) is 84.6 Å². The van der Waals surface area contributed by atoms with Crippen molar-refractivity contribution < 1.29 is 28.8 Å². The van der Waals surface area contributed by atoms with Gasteiger partial charge in [-0.05, 0) is 42.4 Å². The van der Waals surface area contributed by atoms with Crippen LogP contribution in [0.1, 0.15) is 56.2 Å². The quantitative estimate of drug-likeness (QED) is 0.254. The summed E-state index contributed by atoms with van der Waals surface area (Å²) in [5.74, 6) is -4.16. The Labute approximate surface area is 299 Å². The summed E-state index contributed by atoms with van der Waals surface area (Å²) in [5.41, 5.74) is 2.28. The van der Waals surface area contributed by atoms with E-state index in [4.69, 9.17) is 0 Å². The summed E-state index contributed by atoms with van der Waals surface area (Å²) in [5, 5.41) is 13.9. The van der Waals surface area contributed by atoms with E-state index in [1.807, 2.05) is 91.0 Å². The molecule has 1 heterocycles. The van der Waals surface area contributed by atoms with Crippen LogP contribution in [0.25, 0.3) is 0 Å². The number of carbonyl (C=O) groups is 6. The van der Waals surface area contributed by atoms with Crippen molar-refractivity contribution in [1.82, 2.24) is 31.5 Å². The van der Waals surface area contributed by atoms with Crippen molar-refractivity contribution in [3.05, 3.63) is 108 Å². The van der Waals surface area contributed by atoms with Crippen molar-refractivity contribution in [3.8, 4) is 0 Å². The van der Waals surface area contributed by atoms with Gasteiger partial charge in [0.2, 0.25) is 35.4 Å². The molecule has 51 heavy (non-hydrogen) atoms. The van der Waals surface area contributed by atoms with Crippen molar-refractivity contribution in [3.63, 3.8) is 0 Å². The maximum atomic E-state index is 14.0. The van der Waals surface area contributed by atoms with Gasteiger partial charge >= 0.3 is 0 Å². The average Bonchev–Trinajstić information content (AvgIpc) is 3.11. The molecule has 0 aliphatic carbocycles. The van der Waals surface area contributed by atoms with Crippen molar-refractivity contribution in [2.75, 3.05) is 20.1 Å². The third kappa shape index (κ3) is 11.0. The maximum absolute atomic E-state index is 14.0. The molecular weight excluding hydrogens is 648 g/mol. The minimum absolute atomic E-state index is 0.146. The SMILES string of the molecule is CC(C)[C@H]1NC(=O)[C@@H](NC(=O)C(c2ccccc2)c2ccccc2)CCCNC(=O)CN(C)C(=O)[C@H](Cc2ccccc2)NC(=O)[C@@H](C)NC1=O. The lowest BCUT2D eigenvalue weighted by Gasteiger charge is -2.29. The van der Waals surface area contributed by atoms with Gasteiger partial charge in [-0.3, -0.25) is 28.8 Å². The Morgan fingerprint density at radius 1 is 0.784 bits per heavy atom. The molecule has 0 radical (unpaired) electrons. The van der Waals surface area contributed by atoms with Crippen molar-refractivity contribution in [1.29, 1.82) is 0 Å². The molecule has 4 rings (SSSR count). The highest BCUT2D eigenvalue weighted by Crippen LogP contribution is 2.25. The topological polar surface area (TPSA) is 166 Å². The Morgan fingerprint density at radius 2 is 1.35 bits per heavy atom. The number of carbonyl (C=O) groups excluding carboxylic acids is 6. The van der Waals surface area contributed by atoms with Crippen molar-refractivity contribution >= 4 is 35.4 Å². The molecule has 1 saturated heterocycles. The van der Waals surface area contributed by atoms with E-state index in [1.54, 1.807) is 13.8 Å². The minimum Gasteiger partial charge on any atom is -0.355 e. The number of hydrogen-bond acceptors (Lipinski definition) is 6. The molecule has 1 aliphatic heterocycles. The highest BCUT2D eigenvalue weighted by Gasteiger charge is 2.33. The largest absolute Gasteiger partial charge is 0.355 e. The zero-order valence-corrected chi connectivity index (χ0v) is 29.6. The predicted octanol–water partition coefficient (Wildman–Crippen LogP) is 2.04. The molecule has 0 spiro atoms. The molecule has 3 aromatic rings. The van der Waals surface area contributed by atoms with Crippen LogP contribution in [0, 0.1) is 5.92 Å². The van der Waals surface area contributed by atoms with E-state index in [1.165, 1.54) is 18.9 Å². The van der Waals surface area contributed by atoms with Gasteiger partial charge in [-0.25, -0.2) is 0 Å². The summed E-state index contributed by atoms with van der Waals surface area (Å²) in [7, 11) is 1.48. The van der Waals surface area contributed by atoms with Crippen LogP contribution in [0.5, 0.6) is 0 Å². The summed E-state index contributed by atoms with van der Waals surface area (Å²) in [4.78, 5) is 82.5. The fourth-order valence-electron chi connectivity index (χ4n) is 5.96. The zero-order chi connectivity index (χ0) is 36.9. The maximum Gasteiger partial charge on any atom is 0.245 e. The van der Waals surface area contributed by atoms with Crippen LogP contribution in [0.2, 0.25) is 0 Å². The van der Waals surface area contributed by atoms with Gasteiger partial charge in [0.05, 0.1) is 12.5 Å². The first-order valence-corrected chi connectivity index (χ1v) is 17.3. The summed E-state index contributed by atoms with van der Waals surface area (Å²) < 4.78 is 0. The summed E-state index contributed by atoms with van der Waals surface area (Å²) in [6.45, 7) is 4.91. The molecule has 5 N–H and O–H groups in total. The van der Waals surface area contributed by atoms with Crippen molar-refractivity contribution in [2.24, 2.45) is 5.92 Å². The van der Waals surface area contributed by atoms with E-state index in [0.717, 1.165) is 16.7 Å². The van der Waals surface area contributed by atoms with Crippen LogP contribution in [-0.2, 0) is 35.2 Å². The molecule has 0 aromatic heterocycles. The van der Waals surface area contributed by atoms with E-state index >= 15 is 0 Å². The lowest BCUT2D eigenvalue weighted by Crippen LogP contribution is -2.59. The normalized spacial score (nSPS) is 21.5. The van der Waals surface area contributed by atoms with Crippen LogP contribution in [0.15, 0.2) is 91.0 Å². The Kier molecular flexibility index (Phi) is 13.9. The second kappa shape index (κ2) is 18.5. The monoisotopic (exact) mass is 696 g/mol. The number of hydrogen-bond donors (Lipinski definition) is 5. The number of nitrogens with zero attached hydrogens (tertiary/aromatic N) is 1. The fraction of sp³-hybridized carbons (Fsp3) is 0.385. The molecule has 0 bridgehead atoms. The average molecular weight is 697 g/mol. The first kappa shape index (κ1) is 38.3. The van der Waals surface area contributed by atoms with Gasteiger partial charge in [-0.2, -0.15) is 0 Å².